The van der Waals surface area contributed by atoms with Gasteiger partial charge in [0.1, 0.15) is 5.60 Å². The molecular formula is C18H27NO4. The van der Waals surface area contributed by atoms with Crippen LogP contribution in [-0.2, 0) is 20.8 Å². The Morgan fingerprint density at radius 1 is 1.26 bits per heavy atom. The highest BCUT2D eigenvalue weighted by molar-refractivity contribution is 5.69. The Hall–Kier alpha value is -1.59. The van der Waals surface area contributed by atoms with E-state index < -0.39 is 5.60 Å². The molecule has 1 amide bonds. The summed E-state index contributed by atoms with van der Waals surface area (Å²) in [4.78, 5) is 14.1. The minimum absolute atomic E-state index is 0.0153. The minimum Gasteiger partial charge on any atom is -0.444 e. The van der Waals surface area contributed by atoms with Crippen LogP contribution in [0.1, 0.15) is 32.8 Å². The van der Waals surface area contributed by atoms with E-state index in [4.69, 9.17) is 14.2 Å². The van der Waals surface area contributed by atoms with Crippen molar-refractivity contribution in [2.45, 2.75) is 51.5 Å². The smallest absolute Gasteiger partial charge is 0.410 e. The maximum atomic E-state index is 12.4. The quantitative estimate of drug-likeness (QED) is 0.835. The molecule has 1 saturated heterocycles. The number of methoxy groups -OCH3 is 1. The van der Waals surface area contributed by atoms with Crippen molar-refractivity contribution in [1.29, 1.82) is 0 Å². The standard InChI is InChI=1S/C18H27NO4/c1-18(2,3)23-17(20)19-11-16(21-4)10-15(19)13-22-12-14-8-6-5-7-9-14/h5-9,15-16H,10-13H2,1-4H3/t15-,16-/m0/s1. The van der Waals surface area contributed by atoms with Gasteiger partial charge in [-0.15, -0.1) is 0 Å². The second-order valence-corrected chi connectivity index (χ2v) is 6.88. The average Bonchev–Trinajstić information content (AvgIpc) is 2.90. The molecular weight excluding hydrogens is 294 g/mol. The Balaban J connectivity index is 1.90. The van der Waals surface area contributed by atoms with E-state index in [0.29, 0.717) is 19.8 Å². The molecule has 1 aromatic carbocycles. The Morgan fingerprint density at radius 2 is 1.96 bits per heavy atom. The van der Waals surface area contributed by atoms with Gasteiger partial charge < -0.3 is 19.1 Å². The van der Waals surface area contributed by atoms with Gasteiger partial charge in [-0.25, -0.2) is 4.79 Å². The first-order valence-corrected chi connectivity index (χ1v) is 8.03. The van der Waals surface area contributed by atoms with Crippen LogP contribution < -0.4 is 0 Å². The number of likely N-dealkylation sites (tertiary alicyclic amines) is 1. The van der Waals surface area contributed by atoms with E-state index in [9.17, 15) is 4.79 Å². The largest absolute Gasteiger partial charge is 0.444 e. The summed E-state index contributed by atoms with van der Waals surface area (Å²) >= 11 is 0. The molecule has 0 spiro atoms. The van der Waals surface area contributed by atoms with Crippen LogP contribution in [0.3, 0.4) is 0 Å². The van der Waals surface area contributed by atoms with E-state index in [1.165, 1.54) is 0 Å². The third-order valence-electron chi connectivity index (χ3n) is 3.76. The molecule has 0 aliphatic carbocycles. The van der Waals surface area contributed by atoms with Crippen molar-refractivity contribution in [3.63, 3.8) is 0 Å². The topological polar surface area (TPSA) is 48.0 Å². The summed E-state index contributed by atoms with van der Waals surface area (Å²) < 4.78 is 16.7. The summed E-state index contributed by atoms with van der Waals surface area (Å²) in [5, 5.41) is 0. The maximum Gasteiger partial charge on any atom is 0.410 e. The lowest BCUT2D eigenvalue weighted by atomic mass is 10.2. The summed E-state index contributed by atoms with van der Waals surface area (Å²) in [7, 11) is 1.67. The lowest BCUT2D eigenvalue weighted by molar-refractivity contribution is 0.00775. The number of carbonyl (C=O) groups excluding carboxylic acids is 1. The zero-order chi connectivity index (χ0) is 16.9. The van der Waals surface area contributed by atoms with E-state index in [1.807, 2.05) is 51.1 Å². The second kappa shape index (κ2) is 7.79. The van der Waals surface area contributed by atoms with Gasteiger partial charge in [-0.1, -0.05) is 30.3 Å². The van der Waals surface area contributed by atoms with Crippen LogP contribution in [0, 0.1) is 0 Å². The molecule has 0 aromatic heterocycles. The Bertz CT molecular complexity index is 497. The first-order valence-electron chi connectivity index (χ1n) is 8.03. The summed E-state index contributed by atoms with van der Waals surface area (Å²) in [6.45, 7) is 7.18. The summed E-state index contributed by atoms with van der Waals surface area (Å²) in [5.74, 6) is 0. The normalized spacial score (nSPS) is 21.5. The molecule has 0 unspecified atom stereocenters. The SMILES string of the molecule is CO[C@H]1C[C@@H](COCc2ccccc2)N(C(=O)OC(C)(C)C)C1. The molecule has 2 atom stereocenters. The number of nitrogens with zero attached hydrogens (tertiary/aromatic N) is 1. The number of amides is 1. The third-order valence-corrected chi connectivity index (χ3v) is 3.76. The summed E-state index contributed by atoms with van der Waals surface area (Å²) in [6.07, 6.45) is 0.503. The Kier molecular flexibility index (Phi) is 6.02. The van der Waals surface area contributed by atoms with Crippen molar-refractivity contribution >= 4 is 6.09 Å². The molecule has 1 aliphatic rings. The van der Waals surface area contributed by atoms with Crippen molar-refractivity contribution in [2.75, 3.05) is 20.3 Å². The molecule has 0 bridgehead atoms. The fraction of sp³-hybridized carbons (Fsp3) is 0.611. The molecule has 1 heterocycles. The van der Waals surface area contributed by atoms with Crippen molar-refractivity contribution < 1.29 is 19.0 Å². The van der Waals surface area contributed by atoms with Gasteiger partial charge in [0.05, 0.1) is 31.9 Å². The van der Waals surface area contributed by atoms with Gasteiger partial charge in [0.25, 0.3) is 0 Å². The molecule has 23 heavy (non-hydrogen) atoms. The predicted molar refractivity (Wildman–Crippen MR) is 88.2 cm³/mol. The lowest BCUT2D eigenvalue weighted by Crippen LogP contribution is -2.42. The van der Waals surface area contributed by atoms with Gasteiger partial charge >= 0.3 is 6.09 Å². The fourth-order valence-corrected chi connectivity index (χ4v) is 2.63. The molecule has 5 heteroatoms. The zero-order valence-electron chi connectivity index (χ0n) is 14.5. The Morgan fingerprint density at radius 3 is 2.57 bits per heavy atom. The molecule has 5 nitrogen and oxygen atoms in total. The first-order chi connectivity index (χ1) is 10.9. The molecule has 0 N–H and O–H groups in total. The second-order valence-electron chi connectivity index (χ2n) is 6.88. The number of hydrogen-bond donors (Lipinski definition) is 0. The number of rotatable bonds is 5. The fourth-order valence-electron chi connectivity index (χ4n) is 2.63. The van der Waals surface area contributed by atoms with Crippen LogP contribution in [0.25, 0.3) is 0 Å². The van der Waals surface area contributed by atoms with Crippen molar-refractivity contribution in [3.8, 4) is 0 Å². The van der Waals surface area contributed by atoms with E-state index >= 15 is 0 Å². The van der Waals surface area contributed by atoms with Gasteiger partial charge in [0.15, 0.2) is 0 Å². The van der Waals surface area contributed by atoms with Crippen LogP contribution in [0.4, 0.5) is 4.79 Å². The van der Waals surface area contributed by atoms with Crippen LogP contribution in [0.5, 0.6) is 0 Å². The van der Waals surface area contributed by atoms with Gasteiger partial charge in [0, 0.05) is 7.11 Å². The molecule has 128 valence electrons. The summed E-state index contributed by atoms with van der Waals surface area (Å²) in [5.41, 5.74) is 0.620. The van der Waals surface area contributed by atoms with E-state index in [0.717, 1.165) is 12.0 Å². The van der Waals surface area contributed by atoms with Gasteiger partial charge in [-0.05, 0) is 32.8 Å². The van der Waals surface area contributed by atoms with Crippen LogP contribution in [0.2, 0.25) is 0 Å². The predicted octanol–water partition coefficient (Wildman–Crippen LogP) is 3.23. The highest BCUT2D eigenvalue weighted by Gasteiger charge is 2.37. The van der Waals surface area contributed by atoms with E-state index in [1.54, 1.807) is 12.0 Å². The number of ether oxygens (including phenoxy) is 3. The highest BCUT2D eigenvalue weighted by atomic mass is 16.6. The van der Waals surface area contributed by atoms with Gasteiger partial charge in [-0.2, -0.15) is 0 Å². The van der Waals surface area contributed by atoms with Crippen molar-refractivity contribution in [1.82, 2.24) is 4.90 Å². The van der Waals surface area contributed by atoms with E-state index in [2.05, 4.69) is 0 Å². The van der Waals surface area contributed by atoms with E-state index in [-0.39, 0.29) is 18.2 Å². The maximum absolute atomic E-state index is 12.4. The average molecular weight is 321 g/mol. The molecule has 1 aromatic rings. The minimum atomic E-state index is -0.502. The van der Waals surface area contributed by atoms with Crippen LogP contribution in [-0.4, -0.2) is 49.0 Å². The van der Waals surface area contributed by atoms with Crippen LogP contribution in [0.15, 0.2) is 30.3 Å². The molecule has 1 aliphatic heterocycles. The third kappa shape index (κ3) is 5.52. The Labute approximate surface area is 138 Å². The van der Waals surface area contributed by atoms with Crippen molar-refractivity contribution in [3.05, 3.63) is 35.9 Å². The highest BCUT2D eigenvalue weighted by Crippen LogP contribution is 2.23. The molecule has 1 fully saturated rings. The lowest BCUT2D eigenvalue weighted by Gasteiger charge is -2.28. The number of benzene rings is 1. The van der Waals surface area contributed by atoms with Gasteiger partial charge in [-0.3, -0.25) is 0 Å². The monoisotopic (exact) mass is 321 g/mol. The number of carbonyl (C=O) groups is 1. The molecule has 0 radical (unpaired) electrons. The van der Waals surface area contributed by atoms with Gasteiger partial charge in [0.2, 0.25) is 0 Å². The van der Waals surface area contributed by atoms with Crippen molar-refractivity contribution in [2.24, 2.45) is 0 Å². The molecule has 0 saturated carbocycles. The zero-order valence-corrected chi connectivity index (χ0v) is 14.5. The molecule has 2 rings (SSSR count). The first kappa shape index (κ1) is 17.8. The summed E-state index contributed by atoms with van der Waals surface area (Å²) in [6, 6.07) is 9.99. The van der Waals surface area contributed by atoms with Crippen LogP contribution >= 0.6 is 0 Å². The number of hydrogen-bond acceptors (Lipinski definition) is 4.